The van der Waals surface area contributed by atoms with Crippen molar-refractivity contribution in [3.8, 4) is 16.9 Å². The highest BCUT2D eigenvalue weighted by atomic mass is 19.4. The van der Waals surface area contributed by atoms with Crippen molar-refractivity contribution in [1.82, 2.24) is 4.98 Å². The minimum Gasteiger partial charge on any atom is -0.406 e. The second kappa shape index (κ2) is 6.15. The Bertz CT molecular complexity index is 1030. The smallest absolute Gasteiger partial charge is 0.406 e. The predicted octanol–water partition coefficient (Wildman–Crippen LogP) is 5.32. The van der Waals surface area contributed by atoms with Crippen LogP contribution in [-0.2, 0) is 0 Å². The van der Waals surface area contributed by atoms with E-state index in [9.17, 15) is 13.2 Å². The Kier molecular flexibility index (Phi) is 3.72. The first kappa shape index (κ1) is 16.9. The van der Waals surface area contributed by atoms with Gasteiger partial charge >= 0.3 is 6.36 Å². The number of aromatic nitrogens is 1. The molecule has 0 aliphatic carbocycles. The van der Waals surface area contributed by atoms with Gasteiger partial charge in [0, 0.05) is 35.5 Å². The zero-order chi connectivity index (χ0) is 19.3. The van der Waals surface area contributed by atoms with E-state index in [-0.39, 0.29) is 17.7 Å². The molecular weight excluding hydrogens is 367 g/mol. The van der Waals surface area contributed by atoms with Crippen molar-refractivity contribution < 1.29 is 17.9 Å². The van der Waals surface area contributed by atoms with E-state index in [1.807, 2.05) is 24.3 Å². The number of halogens is 3. The number of rotatable bonds is 2. The van der Waals surface area contributed by atoms with Crippen molar-refractivity contribution in [3.63, 3.8) is 0 Å². The maximum absolute atomic E-state index is 12.5. The molecular formula is C21H16F3N3O. The predicted molar refractivity (Wildman–Crippen MR) is 100 cm³/mol. The lowest BCUT2D eigenvalue weighted by atomic mass is 9.87. The summed E-state index contributed by atoms with van der Waals surface area (Å²) in [5.74, 6) is 0.737. The molecule has 2 atom stereocenters. The van der Waals surface area contributed by atoms with Crippen LogP contribution >= 0.6 is 0 Å². The summed E-state index contributed by atoms with van der Waals surface area (Å²) in [5, 5.41) is 6.95. The molecule has 0 saturated heterocycles. The van der Waals surface area contributed by atoms with Gasteiger partial charge in [-0.1, -0.05) is 30.3 Å². The van der Waals surface area contributed by atoms with Gasteiger partial charge in [-0.05, 0) is 35.4 Å². The monoisotopic (exact) mass is 383 g/mol. The van der Waals surface area contributed by atoms with Crippen molar-refractivity contribution in [2.75, 3.05) is 17.2 Å². The third kappa shape index (κ3) is 2.83. The van der Waals surface area contributed by atoms with E-state index in [0.717, 1.165) is 33.8 Å². The normalized spacial score (nSPS) is 19.7. The fourth-order valence-electron chi connectivity index (χ4n) is 4.12. The van der Waals surface area contributed by atoms with Gasteiger partial charge in [-0.3, -0.25) is 0 Å². The molecule has 0 saturated carbocycles. The third-order valence-corrected chi connectivity index (χ3v) is 5.25. The van der Waals surface area contributed by atoms with Crippen LogP contribution < -0.4 is 15.4 Å². The van der Waals surface area contributed by atoms with Crippen LogP contribution in [0.25, 0.3) is 11.1 Å². The number of fused-ring (bicyclic) bond motifs is 2. The first-order valence-corrected chi connectivity index (χ1v) is 8.94. The molecule has 28 heavy (non-hydrogen) atoms. The lowest BCUT2D eigenvalue weighted by Gasteiger charge is -2.25. The zero-order valence-corrected chi connectivity index (χ0v) is 14.6. The molecule has 142 valence electrons. The van der Waals surface area contributed by atoms with Crippen LogP contribution in [0.15, 0.2) is 60.8 Å². The Morgan fingerprint density at radius 3 is 2.54 bits per heavy atom. The maximum atomic E-state index is 12.5. The van der Waals surface area contributed by atoms with Gasteiger partial charge < -0.3 is 15.4 Å². The van der Waals surface area contributed by atoms with E-state index in [2.05, 4.69) is 26.4 Å². The lowest BCUT2D eigenvalue weighted by Crippen LogP contribution is -2.20. The summed E-state index contributed by atoms with van der Waals surface area (Å²) in [6.45, 7) is 0.700. The Balaban J connectivity index is 1.59. The van der Waals surface area contributed by atoms with Gasteiger partial charge in [0.05, 0.1) is 6.04 Å². The standard InChI is InChI=1S/C21H16F3N3O/c22-21(23,24)28-13-7-5-12(6-8-13)19-16-11-26-20-18(16)15(9-10-25-20)14-3-1-2-4-17(14)27-19/h1-10,16,19,27H,11H2,(H,25,26). The first-order valence-electron chi connectivity index (χ1n) is 8.94. The number of benzene rings is 2. The summed E-state index contributed by atoms with van der Waals surface area (Å²) in [6.07, 6.45) is -2.90. The van der Waals surface area contributed by atoms with Crippen molar-refractivity contribution >= 4 is 11.5 Å². The minimum atomic E-state index is -4.70. The highest BCUT2D eigenvalue weighted by Gasteiger charge is 2.37. The lowest BCUT2D eigenvalue weighted by molar-refractivity contribution is -0.274. The molecule has 2 unspecified atom stereocenters. The zero-order valence-electron chi connectivity index (χ0n) is 14.6. The molecule has 0 spiro atoms. The van der Waals surface area contributed by atoms with E-state index in [0.29, 0.717) is 6.54 Å². The number of ether oxygens (including phenoxy) is 1. The van der Waals surface area contributed by atoms with Crippen LogP contribution in [-0.4, -0.2) is 17.9 Å². The molecule has 1 aromatic heterocycles. The van der Waals surface area contributed by atoms with E-state index < -0.39 is 6.36 Å². The quantitative estimate of drug-likeness (QED) is 0.629. The highest BCUT2D eigenvalue weighted by molar-refractivity contribution is 5.85. The van der Waals surface area contributed by atoms with Crippen LogP contribution in [0.5, 0.6) is 5.75 Å². The largest absolute Gasteiger partial charge is 0.573 e. The summed E-state index contributed by atoms with van der Waals surface area (Å²) in [6, 6.07) is 16.0. The molecule has 0 radical (unpaired) electrons. The number of alkyl halides is 3. The van der Waals surface area contributed by atoms with Crippen molar-refractivity contribution in [1.29, 1.82) is 0 Å². The van der Waals surface area contributed by atoms with E-state index >= 15 is 0 Å². The molecule has 2 aromatic carbocycles. The number of pyridine rings is 1. The van der Waals surface area contributed by atoms with Crippen LogP contribution in [0.4, 0.5) is 24.7 Å². The number of nitrogens with zero attached hydrogens (tertiary/aromatic N) is 1. The SMILES string of the molecule is FC(F)(F)Oc1ccc(C2Nc3ccccc3-c3ccnc4c3C2CN4)cc1. The Hall–Kier alpha value is -3.22. The van der Waals surface area contributed by atoms with Gasteiger partial charge in [-0.25, -0.2) is 4.98 Å². The molecule has 0 bridgehead atoms. The summed E-state index contributed by atoms with van der Waals surface area (Å²) in [5.41, 5.74) is 5.24. The van der Waals surface area contributed by atoms with Crippen molar-refractivity contribution in [2.24, 2.45) is 0 Å². The van der Waals surface area contributed by atoms with Gasteiger partial charge in [0.25, 0.3) is 0 Å². The van der Waals surface area contributed by atoms with Gasteiger partial charge in [0.1, 0.15) is 11.6 Å². The molecule has 2 aliphatic rings. The average molecular weight is 383 g/mol. The molecule has 0 fully saturated rings. The first-order chi connectivity index (χ1) is 13.5. The number of anilines is 2. The highest BCUT2D eigenvalue weighted by Crippen LogP contribution is 2.49. The molecule has 2 aliphatic heterocycles. The van der Waals surface area contributed by atoms with Crippen LogP contribution in [0.3, 0.4) is 0 Å². The van der Waals surface area contributed by atoms with Gasteiger partial charge in [0.2, 0.25) is 0 Å². The number of hydrogen-bond acceptors (Lipinski definition) is 4. The molecule has 2 N–H and O–H groups in total. The molecule has 7 heteroatoms. The Morgan fingerprint density at radius 2 is 1.75 bits per heavy atom. The molecule has 5 rings (SSSR count). The van der Waals surface area contributed by atoms with E-state index in [1.54, 1.807) is 18.3 Å². The Labute approximate surface area is 159 Å². The second-order valence-electron chi connectivity index (χ2n) is 6.89. The number of hydrogen-bond donors (Lipinski definition) is 2. The molecule has 3 heterocycles. The summed E-state index contributed by atoms with van der Waals surface area (Å²) in [4.78, 5) is 4.47. The molecule has 3 aromatic rings. The number of para-hydroxylation sites is 1. The van der Waals surface area contributed by atoms with Crippen LogP contribution in [0.2, 0.25) is 0 Å². The summed E-state index contributed by atoms with van der Waals surface area (Å²) >= 11 is 0. The molecule has 4 nitrogen and oxygen atoms in total. The topological polar surface area (TPSA) is 46.2 Å². The molecule has 0 amide bonds. The van der Waals surface area contributed by atoms with E-state index in [4.69, 9.17) is 0 Å². The Morgan fingerprint density at radius 1 is 0.964 bits per heavy atom. The third-order valence-electron chi connectivity index (χ3n) is 5.25. The average Bonchev–Trinajstić information content (AvgIpc) is 3.04. The summed E-state index contributed by atoms with van der Waals surface area (Å²) in [7, 11) is 0. The van der Waals surface area contributed by atoms with E-state index in [1.165, 1.54) is 12.1 Å². The van der Waals surface area contributed by atoms with Crippen LogP contribution in [0.1, 0.15) is 23.1 Å². The van der Waals surface area contributed by atoms with Crippen molar-refractivity contribution in [2.45, 2.75) is 18.3 Å². The van der Waals surface area contributed by atoms with Gasteiger partial charge in [0.15, 0.2) is 0 Å². The van der Waals surface area contributed by atoms with Gasteiger partial charge in [-0.15, -0.1) is 13.2 Å². The fourth-order valence-corrected chi connectivity index (χ4v) is 4.12. The summed E-state index contributed by atoms with van der Waals surface area (Å²) < 4.78 is 41.4. The van der Waals surface area contributed by atoms with Gasteiger partial charge in [-0.2, -0.15) is 0 Å². The van der Waals surface area contributed by atoms with Crippen LogP contribution in [0, 0.1) is 0 Å². The second-order valence-corrected chi connectivity index (χ2v) is 6.89. The maximum Gasteiger partial charge on any atom is 0.573 e. The number of nitrogens with one attached hydrogen (secondary N) is 2. The van der Waals surface area contributed by atoms with Crippen molar-refractivity contribution in [3.05, 3.63) is 71.9 Å². The minimum absolute atomic E-state index is 0.0977. The fraction of sp³-hybridized carbons (Fsp3) is 0.190.